The number of anilines is 1. The fraction of sp³-hybridized carbons (Fsp3) is 0.471. The average Bonchev–Trinajstić information content (AvgIpc) is 3.18. The molecule has 1 heterocycles. The van der Waals surface area contributed by atoms with E-state index >= 15 is 0 Å². The topological polar surface area (TPSA) is 131 Å². The first-order valence-electron chi connectivity index (χ1n) is 8.66. The standard InChI is InChI=1S/C17H22N4O6/c1-2-18-15(22)10-19-16(23)11-27-17(24)13-9-12(21(25)26)5-6-14(13)20-7-3-4-8-20/h5-6,9H,2-4,7-8,10-11H2,1H3,(H,18,22)(H,19,23). The van der Waals surface area contributed by atoms with Crippen LogP contribution in [0.1, 0.15) is 30.1 Å². The van der Waals surface area contributed by atoms with Crippen molar-refractivity contribution in [1.82, 2.24) is 10.6 Å². The van der Waals surface area contributed by atoms with Gasteiger partial charge in [0.05, 0.1) is 22.7 Å². The van der Waals surface area contributed by atoms with E-state index in [0.29, 0.717) is 12.2 Å². The van der Waals surface area contributed by atoms with Gasteiger partial charge >= 0.3 is 5.97 Å². The summed E-state index contributed by atoms with van der Waals surface area (Å²) in [5, 5.41) is 15.9. The molecule has 1 aromatic carbocycles. The van der Waals surface area contributed by atoms with Crippen molar-refractivity contribution in [3.63, 3.8) is 0 Å². The average molecular weight is 378 g/mol. The number of nitrogens with one attached hydrogen (secondary N) is 2. The third-order valence-electron chi connectivity index (χ3n) is 4.01. The van der Waals surface area contributed by atoms with Crippen LogP contribution in [-0.2, 0) is 14.3 Å². The lowest BCUT2D eigenvalue weighted by Crippen LogP contribution is -2.38. The molecule has 1 saturated heterocycles. The molecule has 27 heavy (non-hydrogen) atoms. The maximum Gasteiger partial charge on any atom is 0.341 e. The number of hydrogen-bond donors (Lipinski definition) is 2. The Morgan fingerprint density at radius 2 is 1.89 bits per heavy atom. The summed E-state index contributed by atoms with van der Waals surface area (Å²) >= 11 is 0. The fourth-order valence-electron chi connectivity index (χ4n) is 2.73. The van der Waals surface area contributed by atoms with Gasteiger partial charge in [-0.1, -0.05) is 0 Å². The number of nitro benzene ring substituents is 1. The predicted molar refractivity (Wildman–Crippen MR) is 96.5 cm³/mol. The molecule has 0 spiro atoms. The second-order valence-electron chi connectivity index (χ2n) is 5.96. The number of hydrogen-bond acceptors (Lipinski definition) is 7. The highest BCUT2D eigenvalue weighted by Crippen LogP contribution is 2.28. The molecule has 0 bridgehead atoms. The number of benzene rings is 1. The number of rotatable bonds is 8. The van der Waals surface area contributed by atoms with Crippen molar-refractivity contribution >= 4 is 29.2 Å². The second kappa shape index (κ2) is 9.51. The Hall–Kier alpha value is -3.17. The minimum Gasteiger partial charge on any atom is -0.452 e. The molecular formula is C17H22N4O6. The SMILES string of the molecule is CCNC(=O)CNC(=O)COC(=O)c1cc([N+](=O)[O-])ccc1N1CCCC1. The molecule has 1 aliphatic heterocycles. The summed E-state index contributed by atoms with van der Waals surface area (Å²) in [6.07, 6.45) is 1.93. The van der Waals surface area contributed by atoms with Gasteiger partial charge < -0.3 is 20.3 Å². The van der Waals surface area contributed by atoms with Crippen LogP contribution < -0.4 is 15.5 Å². The lowest BCUT2D eigenvalue weighted by atomic mass is 10.1. The number of likely N-dealkylation sites (N-methyl/N-ethyl adjacent to an activating group) is 1. The van der Waals surface area contributed by atoms with E-state index in [1.165, 1.54) is 12.1 Å². The number of nitro groups is 1. The number of carbonyl (C=O) groups excluding carboxylic acids is 3. The molecule has 1 aromatic rings. The van der Waals surface area contributed by atoms with Gasteiger partial charge in [-0.3, -0.25) is 19.7 Å². The number of non-ortho nitro benzene ring substituents is 1. The molecule has 10 nitrogen and oxygen atoms in total. The predicted octanol–water partition coefficient (Wildman–Crippen LogP) is 0.604. The van der Waals surface area contributed by atoms with Crippen molar-refractivity contribution in [3.05, 3.63) is 33.9 Å². The molecule has 0 aliphatic carbocycles. The minimum absolute atomic E-state index is 0.0441. The van der Waals surface area contributed by atoms with Crippen molar-refractivity contribution in [3.8, 4) is 0 Å². The molecule has 2 amide bonds. The molecule has 10 heteroatoms. The first kappa shape index (κ1) is 20.1. The van der Waals surface area contributed by atoms with Crippen molar-refractivity contribution in [2.45, 2.75) is 19.8 Å². The fourth-order valence-corrected chi connectivity index (χ4v) is 2.73. The molecule has 1 fully saturated rings. The highest BCUT2D eigenvalue weighted by molar-refractivity contribution is 5.98. The number of ether oxygens (including phenoxy) is 1. The number of amides is 2. The van der Waals surface area contributed by atoms with Crippen molar-refractivity contribution in [2.24, 2.45) is 0 Å². The third kappa shape index (κ3) is 5.66. The van der Waals surface area contributed by atoms with E-state index in [4.69, 9.17) is 4.74 Å². The third-order valence-corrected chi connectivity index (χ3v) is 4.01. The number of esters is 1. The van der Waals surface area contributed by atoms with Crippen LogP contribution in [0.3, 0.4) is 0 Å². The smallest absolute Gasteiger partial charge is 0.341 e. The van der Waals surface area contributed by atoms with Crippen LogP contribution in [-0.4, -0.2) is 55.5 Å². The van der Waals surface area contributed by atoms with E-state index in [1.807, 2.05) is 4.90 Å². The Morgan fingerprint density at radius 1 is 1.19 bits per heavy atom. The molecule has 0 atom stereocenters. The lowest BCUT2D eigenvalue weighted by molar-refractivity contribution is -0.384. The quantitative estimate of drug-likeness (QED) is 0.385. The van der Waals surface area contributed by atoms with Crippen LogP contribution in [0.15, 0.2) is 18.2 Å². The monoisotopic (exact) mass is 378 g/mol. The van der Waals surface area contributed by atoms with E-state index in [-0.39, 0.29) is 23.7 Å². The van der Waals surface area contributed by atoms with E-state index in [0.717, 1.165) is 32.0 Å². The molecule has 146 valence electrons. The first-order chi connectivity index (χ1) is 12.9. The van der Waals surface area contributed by atoms with Gasteiger partial charge in [0.1, 0.15) is 0 Å². The van der Waals surface area contributed by atoms with Crippen molar-refractivity contribution in [2.75, 3.05) is 37.7 Å². The zero-order chi connectivity index (χ0) is 19.8. The molecule has 0 unspecified atom stereocenters. The summed E-state index contributed by atoms with van der Waals surface area (Å²) < 4.78 is 4.99. The zero-order valence-electron chi connectivity index (χ0n) is 15.0. The number of carbonyl (C=O) groups is 3. The highest BCUT2D eigenvalue weighted by Gasteiger charge is 2.24. The van der Waals surface area contributed by atoms with Gasteiger partial charge in [0.15, 0.2) is 6.61 Å². The van der Waals surface area contributed by atoms with Crippen LogP contribution in [0.25, 0.3) is 0 Å². The van der Waals surface area contributed by atoms with Gasteiger partial charge in [0.25, 0.3) is 11.6 Å². The zero-order valence-corrected chi connectivity index (χ0v) is 15.0. The van der Waals surface area contributed by atoms with Gasteiger partial charge in [-0.2, -0.15) is 0 Å². The Labute approximate surface area is 156 Å². The Bertz CT molecular complexity index is 730. The van der Waals surface area contributed by atoms with Crippen molar-refractivity contribution < 1.29 is 24.0 Å². The largest absolute Gasteiger partial charge is 0.452 e. The summed E-state index contributed by atoms with van der Waals surface area (Å²) in [6, 6.07) is 4.02. The van der Waals surface area contributed by atoms with Gasteiger partial charge in [0, 0.05) is 31.8 Å². The molecule has 0 radical (unpaired) electrons. The van der Waals surface area contributed by atoms with E-state index in [9.17, 15) is 24.5 Å². The summed E-state index contributed by atoms with van der Waals surface area (Å²) in [6.45, 7) is 2.87. The molecular weight excluding hydrogens is 356 g/mol. The van der Waals surface area contributed by atoms with E-state index in [2.05, 4.69) is 10.6 Å². The van der Waals surface area contributed by atoms with E-state index in [1.54, 1.807) is 6.92 Å². The Balaban J connectivity index is 2.03. The maximum absolute atomic E-state index is 12.4. The summed E-state index contributed by atoms with van der Waals surface area (Å²) in [5.74, 6) is -1.82. The first-order valence-corrected chi connectivity index (χ1v) is 8.66. The van der Waals surface area contributed by atoms with Crippen molar-refractivity contribution in [1.29, 1.82) is 0 Å². The van der Waals surface area contributed by atoms with Crippen LogP contribution in [0.2, 0.25) is 0 Å². The van der Waals surface area contributed by atoms with Crippen LogP contribution >= 0.6 is 0 Å². The van der Waals surface area contributed by atoms with Gasteiger partial charge in [0.2, 0.25) is 5.91 Å². The molecule has 2 N–H and O–H groups in total. The second-order valence-corrected chi connectivity index (χ2v) is 5.96. The van der Waals surface area contributed by atoms with Gasteiger partial charge in [-0.05, 0) is 25.8 Å². The molecule has 0 saturated carbocycles. The molecule has 2 rings (SSSR count). The van der Waals surface area contributed by atoms with Crippen LogP contribution in [0.4, 0.5) is 11.4 Å². The van der Waals surface area contributed by atoms with Gasteiger partial charge in [-0.25, -0.2) is 4.79 Å². The Kier molecular flexibility index (Phi) is 7.09. The number of nitrogens with zero attached hydrogens (tertiary/aromatic N) is 2. The molecule has 0 aromatic heterocycles. The summed E-state index contributed by atoms with van der Waals surface area (Å²) in [5.41, 5.74) is 0.360. The Morgan fingerprint density at radius 3 is 2.52 bits per heavy atom. The summed E-state index contributed by atoms with van der Waals surface area (Å²) in [4.78, 5) is 47.8. The van der Waals surface area contributed by atoms with Crippen LogP contribution in [0.5, 0.6) is 0 Å². The minimum atomic E-state index is -0.825. The molecule has 1 aliphatic rings. The lowest BCUT2D eigenvalue weighted by Gasteiger charge is -2.20. The maximum atomic E-state index is 12.4. The van der Waals surface area contributed by atoms with E-state index < -0.39 is 23.4 Å². The van der Waals surface area contributed by atoms with Gasteiger partial charge in [-0.15, -0.1) is 0 Å². The normalized spacial score (nSPS) is 13.1. The highest BCUT2D eigenvalue weighted by atomic mass is 16.6. The van der Waals surface area contributed by atoms with Crippen LogP contribution in [0, 0.1) is 10.1 Å². The summed E-state index contributed by atoms with van der Waals surface area (Å²) in [7, 11) is 0.